The van der Waals surface area contributed by atoms with Crippen molar-refractivity contribution < 1.29 is 4.79 Å². The van der Waals surface area contributed by atoms with Crippen molar-refractivity contribution in [2.45, 2.75) is 51.0 Å². The van der Waals surface area contributed by atoms with E-state index in [1.165, 1.54) is 25.7 Å². The van der Waals surface area contributed by atoms with E-state index in [2.05, 4.69) is 4.90 Å². The Hall–Kier alpha value is -0.570. The second kappa shape index (κ2) is 4.97. The molecule has 0 bridgehead atoms. The minimum atomic E-state index is 0.385. The molecule has 0 radical (unpaired) electrons. The van der Waals surface area contributed by atoms with Crippen molar-refractivity contribution in [3.05, 3.63) is 0 Å². The lowest BCUT2D eigenvalue weighted by Crippen LogP contribution is -2.44. The number of amides is 1. The fourth-order valence-corrected chi connectivity index (χ4v) is 2.51. The first-order valence-corrected chi connectivity index (χ1v) is 6.31. The van der Waals surface area contributed by atoms with E-state index in [9.17, 15) is 4.79 Å². The molecule has 1 saturated carbocycles. The van der Waals surface area contributed by atoms with Crippen molar-refractivity contribution in [2.24, 2.45) is 11.7 Å². The van der Waals surface area contributed by atoms with Gasteiger partial charge in [-0.05, 0) is 51.0 Å². The van der Waals surface area contributed by atoms with Gasteiger partial charge in [-0.3, -0.25) is 4.79 Å². The molecule has 15 heavy (non-hydrogen) atoms. The number of likely N-dealkylation sites (tertiary alicyclic amines) is 1. The highest BCUT2D eigenvalue weighted by Gasteiger charge is 2.31. The third-order valence-electron chi connectivity index (χ3n) is 3.61. The molecule has 1 atom stereocenters. The monoisotopic (exact) mass is 210 g/mol. The lowest BCUT2D eigenvalue weighted by atomic mass is 9.98. The first-order valence-electron chi connectivity index (χ1n) is 6.31. The van der Waals surface area contributed by atoms with Gasteiger partial charge in [-0.2, -0.15) is 0 Å². The van der Waals surface area contributed by atoms with Gasteiger partial charge in [-0.15, -0.1) is 0 Å². The molecular formula is C12H22N2O. The molecule has 2 N–H and O–H groups in total. The van der Waals surface area contributed by atoms with E-state index in [0.29, 0.717) is 24.4 Å². The maximum absolute atomic E-state index is 12.0. The van der Waals surface area contributed by atoms with Crippen LogP contribution in [0.5, 0.6) is 0 Å². The molecule has 3 heteroatoms. The van der Waals surface area contributed by atoms with Gasteiger partial charge in [0.1, 0.15) is 0 Å². The molecule has 0 aromatic carbocycles. The van der Waals surface area contributed by atoms with E-state index in [1.54, 1.807) is 0 Å². The molecule has 0 spiro atoms. The Kier molecular flexibility index (Phi) is 3.62. The minimum absolute atomic E-state index is 0.385. The van der Waals surface area contributed by atoms with E-state index >= 15 is 0 Å². The summed E-state index contributed by atoms with van der Waals surface area (Å²) in [4.78, 5) is 14.1. The highest BCUT2D eigenvalue weighted by Crippen LogP contribution is 2.33. The predicted molar refractivity (Wildman–Crippen MR) is 60.4 cm³/mol. The Bertz CT molecular complexity index is 224. The Morgan fingerprint density at radius 1 is 1.27 bits per heavy atom. The number of piperidine rings is 1. The average Bonchev–Trinajstić information content (AvgIpc) is 3.03. The van der Waals surface area contributed by atoms with Crippen molar-refractivity contribution >= 4 is 5.91 Å². The Morgan fingerprint density at radius 2 is 2.07 bits per heavy atom. The summed E-state index contributed by atoms with van der Waals surface area (Å²) >= 11 is 0. The van der Waals surface area contributed by atoms with Crippen LogP contribution in [0, 0.1) is 5.92 Å². The van der Waals surface area contributed by atoms with Crippen molar-refractivity contribution in [3.8, 4) is 0 Å². The van der Waals surface area contributed by atoms with Gasteiger partial charge in [0.2, 0.25) is 5.91 Å². The zero-order valence-corrected chi connectivity index (χ0v) is 9.45. The van der Waals surface area contributed by atoms with Gasteiger partial charge in [0.25, 0.3) is 0 Å². The summed E-state index contributed by atoms with van der Waals surface area (Å²) in [5, 5.41) is 0. The zero-order chi connectivity index (χ0) is 10.7. The largest absolute Gasteiger partial charge is 0.340 e. The second-order valence-corrected chi connectivity index (χ2v) is 4.96. The van der Waals surface area contributed by atoms with Crippen LogP contribution in [-0.4, -0.2) is 29.9 Å². The summed E-state index contributed by atoms with van der Waals surface area (Å²) < 4.78 is 0. The van der Waals surface area contributed by atoms with Crippen LogP contribution < -0.4 is 5.73 Å². The van der Waals surface area contributed by atoms with Crippen LogP contribution >= 0.6 is 0 Å². The minimum Gasteiger partial charge on any atom is -0.340 e. The molecule has 0 aromatic rings. The van der Waals surface area contributed by atoms with Crippen molar-refractivity contribution in [1.82, 2.24) is 4.90 Å². The van der Waals surface area contributed by atoms with Crippen molar-refractivity contribution in [1.29, 1.82) is 0 Å². The molecule has 2 aliphatic rings. The van der Waals surface area contributed by atoms with Gasteiger partial charge in [0.05, 0.1) is 0 Å². The summed E-state index contributed by atoms with van der Waals surface area (Å²) in [6.07, 6.45) is 7.91. The SMILES string of the molecule is NCCC1CCCCN1C(=O)CC1CC1. The molecule has 1 aliphatic carbocycles. The van der Waals surface area contributed by atoms with Crippen LogP contribution in [0.25, 0.3) is 0 Å². The van der Waals surface area contributed by atoms with E-state index in [4.69, 9.17) is 5.73 Å². The molecule has 0 aromatic heterocycles. The number of nitrogens with two attached hydrogens (primary N) is 1. The molecule has 2 rings (SSSR count). The molecule has 1 amide bonds. The van der Waals surface area contributed by atoms with Crippen LogP contribution in [0.15, 0.2) is 0 Å². The maximum Gasteiger partial charge on any atom is 0.223 e. The van der Waals surface area contributed by atoms with Crippen LogP contribution in [0.3, 0.4) is 0 Å². The molecule has 1 saturated heterocycles. The number of hydrogen-bond donors (Lipinski definition) is 1. The average molecular weight is 210 g/mol. The standard InChI is InChI=1S/C12H22N2O/c13-7-6-11-3-1-2-8-14(11)12(15)9-10-4-5-10/h10-11H,1-9,13H2. The van der Waals surface area contributed by atoms with Crippen LogP contribution in [0.2, 0.25) is 0 Å². The van der Waals surface area contributed by atoms with Crippen LogP contribution in [-0.2, 0) is 4.79 Å². The predicted octanol–water partition coefficient (Wildman–Crippen LogP) is 1.52. The smallest absolute Gasteiger partial charge is 0.223 e. The van der Waals surface area contributed by atoms with Crippen molar-refractivity contribution in [3.63, 3.8) is 0 Å². The van der Waals surface area contributed by atoms with Gasteiger partial charge in [-0.25, -0.2) is 0 Å². The summed E-state index contributed by atoms with van der Waals surface area (Å²) in [7, 11) is 0. The Labute approximate surface area is 92.0 Å². The third-order valence-corrected chi connectivity index (χ3v) is 3.61. The highest BCUT2D eigenvalue weighted by molar-refractivity contribution is 5.77. The molecule has 1 heterocycles. The molecule has 3 nitrogen and oxygen atoms in total. The van der Waals surface area contributed by atoms with Gasteiger partial charge in [0.15, 0.2) is 0 Å². The first kappa shape index (κ1) is 10.9. The summed E-state index contributed by atoms with van der Waals surface area (Å²) in [6, 6.07) is 0.440. The van der Waals surface area contributed by atoms with Gasteiger partial charge < -0.3 is 10.6 Å². The fraction of sp³-hybridized carbons (Fsp3) is 0.917. The summed E-state index contributed by atoms with van der Waals surface area (Å²) in [5.41, 5.74) is 5.60. The van der Waals surface area contributed by atoms with E-state index in [-0.39, 0.29) is 0 Å². The molecule has 2 fully saturated rings. The third kappa shape index (κ3) is 2.94. The topological polar surface area (TPSA) is 46.3 Å². The molecule has 1 unspecified atom stereocenters. The highest BCUT2D eigenvalue weighted by atomic mass is 16.2. The first-order chi connectivity index (χ1) is 7.31. The van der Waals surface area contributed by atoms with Crippen molar-refractivity contribution in [2.75, 3.05) is 13.1 Å². The van der Waals surface area contributed by atoms with Gasteiger partial charge in [-0.1, -0.05) is 0 Å². The second-order valence-electron chi connectivity index (χ2n) is 4.96. The Morgan fingerprint density at radius 3 is 2.73 bits per heavy atom. The number of carbonyl (C=O) groups is 1. The number of nitrogens with zero attached hydrogens (tertiary/aromatic N) is 1. The molecule has 1 aliphatic heterocycles. The summed E-state index contributed by atoms with van der Waals surface area (Å²) in [5.74, 6) is 1.09. The van der Waals surface area contributed by atoms with E-state index in [1.807, 2.05) is 0 Å². The lowest BCUT2D eigenvalue weighted by Gasteiger charge is -2.35. The number of carbonyl (C=O) groups excluding carboxylic acids is 1. The van der Waals surface area contributed by atoms with E-state index in [0.717, 1.165) is 25.8 Å². The maximum atomic E-state index is 12.0. The van der Waals surface area contributed by atoms with Gasteiger partial charge in [0, 0.05) is 19.0 Å². The summed E-state index contributed by atoms with van der Waals surface area (Å²) in [6.45, 7) is 1.67. The fourth-order valence-electron chi connectivity index (χ4n) is 2.51. The lowest BCUT2D eigenvalue weighted by molar-refractivity contribution is -0.135. The van der Waals surface area contributed by atoms with Gasteiger partial charge >= 0.3 is 0 Å². The number of hydrogen-bond acceptors (Lipinski definition) is 2. The quantitative estimate of drug-likeness (QED) is 0.764. The molecular weight excluding hydrogens is 188 g/mol. The normalized spacial score (nSPS) is 26.7. The molecule has 86 valence electrons. The number of rotatable bonds is 4. The van der Waals surface area contributed by atoms with Crippen LogP contribution in [0.4, 0.5) is 0 Å². The zero-order valence-electron chi connectivity index (χ0n) is 9.45. The van der Waals surface area contributed by atoms with E-state index < -0.39 is 0 Å². The Balaban J connectivity index is 1.87. The van der Waals surface area contributed by atoms with Crippen LogP contribution in [0.1, 0.15) is 44.9 Å².